The normalized spacial score (nSPS) is 22.0. The molecule has 0 amide bonds. The number of hydrogen-bond donors (Lipinski definition) is 1. The van der Waals surface area contributed by atoms with E-state index in [4.69, 9.17) is 4.74 Å². The standard InChI is InChI=1S/C15H25N3O2/c1-12-5-4-6-15(16-12)18-8-7-17(13(2)9-18)10-14(19)11-20-3/h4-6,13-14,19H,7-11H2,1-3H3/t13-,14-/m0/s1. The molecular formula is C15H25N3O2. The number of methoxy groups -OCH3 is 1. The van der Waals surface area contributed by atoms with Crippen molar-refractivity contribution in [2.24, 2.45) is 0 Å². The minimum Gasteiger partial charge on any atom is -0.389 e. The summed E-state index contributed by atoms with van der Waals surface area (Å²) in [4.78, 5) is 9.22. The summed E-state index contributed by atoms with van der Waals surface area (Å²) in [5, 5.41) is 9.85. The monoisotopic (exact) mass is 279 g/mol. The number of pyridine rings is 1. The molecule has 0 unspecified atom stereocenters. The Morgan fingerprint density at radius 1 is 1.45 bits per heavy atom. The van der Waals surface area contributed by atoms with E-state index in [2.05, 4.69) is 33.8 Å². The zero-order valence-electron chi connectivity index (χ0n) is 12.6. The van der Waals surface area contributed by atoms with Gasteiger partial charge < -0.3 is 14.7 Å². The Morgan fingerprint density at radius 2 is 2.25 bits per heavy atom. The molecule has 112 valence electrons. The Labute approximate surface area is 121 Å². The number of aliphatic hydroxyl groups is 1. The molecule has 0 aromatic carbocycles. The van der Waals surface area contributed by atoms with Crippen molar-refractivity contribution < 1.29 is 9.84 Å². The van der Waals surface area contributed by atoms with Crippen LogP contribution in [0.25, 0.3) is 0 Å². The van der Waals surface area contributed by atoms with Crippen molar-refractivity contribution in [2.45, 2.75) is 26.0 Å². The van der Waals surface area contributed by atoms with Crippen molar-refractivity contribution in [3.63, 3.8) is 0 Å². The van der Waals surface area contributed by atoms with Gasteiger partial charge in [-0.3, -0.25) is 4.90 Å². The van der Waals surface area contributed by atoms with Crippen LogP contribution in [0.1, 0.15) is 12.6 Å². The molecule has 1 aromatic rings. The van der Waals surface area contributed by atoms with E-state index in [9.17, 15) is 5.11 Å². The SMILES string of the molecule is COC[C@@H](O)CN1CCN(c2cccc(C)n2)C[C@@H]1C. The molecule has 20 heavy (non-hydrogen) atoms. The lowest BCUT2D eigenvalue weighted by atomic mass is 10.1. The minimum atomic E-state index is -0.411. The summed E-state index contributed by atoms with van der Waals surface area (Å²) >= 11 is 0. The highest BCUT2D eigenvalue weighted by Crippen LogP contribution is 2.17. The largest absolute Gasteiger partial charge is 0.389 e. The lowest BCUT2D eigenvalue weighted by Gasteiger charge is -2.41. The molecular weight excluding hydrogens is 254 g/mol. The fourth-order valence-corrected chi connectivity index (χ4v) is 2.70. The first-order valence-corrected chi connectivity index (χ1v) is 7.20. The van der Waals surface area contributed by atoms with Crippen molar-refractivity contribution in [3.8, 4) is 0 Å². The van der Waals surface area contributed by atoms with E-state index in [-0.39, 0.29) is 0 Å². The summed E-state index contributed by atoms with van der Waals surface area (Å²) in [6.07, 6.45) is -0.411. The topological polar surface area (TPSA) is 48.8 Å². The second-order valence-electron chi connectivity index (χ2n) is 5.54. The Hall–Kier alpha value is -1.17. The van der Waals surface area contributed by atoms with Crippen LogP contribution in [-0.2, 0) is 4.74 Å². The first kappa shape index (κ1) is 15.2. The smallest absolute Gasteiger partial charge is 0.128 e. The van der Waals surface area contributed by atoms with Gasteiger partial charge in [-0.1, -0.05) is 6.07 Å². The number of hydrogen-bond acceptors (Lipinski definition) is 5. The van der Waals surface area contributed by atoms with Gasteiger partial charge in [0.1, 0.15) is 5.82 Å². The quantitative estimate of drug-likeness (QED) is 0.868. The zero-order valence-corrected chi connectivity index (χ0v) is 12.6. The van der Waals surface area contributed by atoms with E-state index in [1.807, 2.05) is 13.0 Å². The van der Waals surface area contributed by atoms with Crippen molar-refractivity contribution in [1.82, 2.24) is 9.88 Å². The highest BCUT2D eigenvalue weighted by molar-refractivity contribution is 5.40. The van der Waals surface area contributed by atoms with Gasteiger partial charge in [-0.15, -0.1) is 0 Å². The first-order chi connectivity index (χ1) is 9.60. The first-order valence-electron chi connectivity index (χ1n) is 7.20. The molecule has 0 saturated carbocycles. The Bertz CT molecular complexity index is 427. The summed E-state index contributed by atoms with van der Waals surface area (Å²) in [7, 11) is 1.62. The van der Waals surface area contributed by atoms with Gasteiger partial charge in [-0.05, 0) is 26.0 Å². The number of aliphatic hydroxyl groups excluding tert-OH is 1. The van der Waals surface area contributed by atoms with E-state index in [1.54, 1.807) is 7.11 Å². The van der Waals surface area contributed by atoms with Crippen molar-refractivity contribution in [2.75, 3.05) is 44.8 Å². The molecule has 2 rings (SSSR count). The highest BCUT2D eigenvalue weighted by Gasteiger charge is 2.25. The van der Waals surface area contributed by atoms with Crippen molar-refractivity contribution in [3.05, 3.63) is 23.9 Å². The van der Waals surface area contributed by atoms with Gasteiger partial charge in [0.25, 0.3) is 0 Å². The van der Waals surface area contributed by atoms with E-state index in [0.29, 0.717) is 19.2 Å². The predicted molar refractivity (Wildman–Crippen MR) is 80.1 cm³/mol. The molecule has 0 bridgehead atoms. The van der Waals surface area contributed by atoms with Gasteiger partial charge in [-0.25, -0.2) is 4.98 Å². The van der Waals surface area contributed by atoms with Crippen LogP contribution >= 0.6 is 0 Å². The summed E-state index contributed by atoms with van der Waals surface area (Å²) in [6, 6.07) is 6.54. The van der Waals surface area contributed by atoms with Crippen molar-refractivity contribution >= 4 is 5.82 Å². The average molecular weight is 279 g/mol. The summed E-state index contributed by atoms with van der Waals surface area (Å²) in [5.74, 6) is 1.05. The number of aromatic nitrogens is 1. The van der Waals surface area contributed by atoms with E-state index in [1.165, 1.54) is 0 Å². The molecule has 1 aliphatic rings. The van der Waals surface area contributed by atoms with E-state index < -0.39 is 6.10 Å². The number of piperazine rings is 1. The summed E-state index contributed by atoms with van der Waals surface area (Å²) < 4.78 is 4.99. The Balaban J connectivity index is 1.92. The van der Waals surface area contributed by atoms with E-state index in [0.717, 1.165) is 31.1 Å². The molecule has 1 aliphatic heterocycles. The number of ether oxygens (including phenoxy) is 1. The lowest BCUT2D eigenvalue weighted by Crippen LogP contribution is -2.54. The maximum Gasteiger partial charge on any atom is 0.128 e. The van der Waals surface area contributed by atoms with Crippen LogP contribution in [-0.4, -0.2) is 67.0 Å². The second kappa shape index (κ2) is 7.02. The Morgan fingerprint density at radius 3 is 2.90 bits per heavy atom. The van der Waals surface area contributed by atoms with Crippen molar-refractivity contribution in [1.29, 1.82) is 0 Å². The van der Waals surface area contributed by atoms with Crippen LogP contribution in [0.3, 0.4) is 0 Å². The number of nitrogens with zero attached hydrogens (tertiary/aromatic N) is 3. The Kier molecular flexibility index (Phi) is 5.34. The molecule has 0 spiro atoms. The van der Waals surface area contributed by atoms with Crippen LogP contribution in [0.4, 0.5) is 5.82 Å². The molecule has 5 heteroatoms. The number of β-amino-alcohol motifs (C(OH)–C–C–N with tert-alkyl or cyclic N) is 1. The molecule has 1 fully saturated rings. The van der Waals surface area contributed by atoms with Gasteiger partial charge in [0.2, 0.25) is 0 Å². The van der Waals surface area contributed by atoms with Crippen LogP contribution in [0.5, 0.6) is 0 Å². The summed E-state index contributed by atoms with van der Waals surface area (Å²) in [5.41, 5.74) is 1.05. The van der Waals surface area contributed by atoms with Crippen LogP contribution < -0.4 is 4.90 Å². The maximum absolute atomic E-state index is 9.85. The van der Waals surface area contributed by atoms with Gasteiger partial charge in [-0.2, -0.15) is 0 Å². The fraction of sp³-hybridized carbons (Fsp3) is 0.667. The zero-order chi connectivity index (χ0) is 14.5. The van der Waals surface area contributed by atoms with Crippen LogP contribution in [0.2, 0.25) is 0 Å². The van der Waals surface area contributed by atoms with Crippen LogP contribution in [0, 0.1) is 6.92 Å². The minimum absolute atomic E-state index is 0.395. The third-order valence-corrected chi connectivity index (χ3v) is 3.77. The molecule has 1 N–H and O–H groups in total. The molecule has 2 heterocycles. The number of aryl methyl sites for hydroxylation is 1. The average Bonchev–Trinajstić information content (AvgIpc) is 2.41. The molecule has 0 radical (unpaired) electrons. The number of anilines is 1. The third kappa shape index (κ3) is 3.91. The van der Waals surface area contributed by atoms with Gasteiger partial charge in [0, 0.05) is 45.0 Å². The molecule has 5 nitrogen and oxygen atoms in total. The molecule has 2 atom stereocenters. The predicted octanol–water partition coefficient (Wildman–Crippen LogP) is 0.908. The second-order valence-corrected chi connectivity index (χ2v) is 5.54. The maximum atomic E-state index is 9.85. The molecule has 0 aliphatic carbocycles. The molecule has 1 saturated heterocycles. The molecule has 1 aromatic heterocycles. The van der Waals surface area contributed by atoms with Crippen LogP contribution in [0.15, 0.2) is 18.2 Å². The summed E-state index contributed by atoms with van der Waals surface area (Å²) in [6.45, 7) is 8.11. The number of rotatable bonds is 5. The lowest BCUT2D eigenvalue weighted by molar-refractivity contribution is 0.0260. The van der Waals surface area contributed by atoms with E-state index >= 15 is 0 Å². The highest BCUT2D eigenvalue weighted by atomic mass is 16.5. The van der Waals surface area contributed by atoms with Gasteiger partial charge in [0.15, 0.2) is 0 Å². The van der Waals surface area contributed by atoms with Gasteiger partial charge in [0.05, 0.1) is 12.7 Å². The third-order valence-electron chi connectivity index (χ3n) is 3.77. The van der Waals surface area contributed by atoms with Gasteiger partial charge >= 0.3 is 0 Å². The fourth-order valence-electron chi connectivity index (χ4n) is 2.70.